The fraction of sp³-hybridized carbons (Fsp3) is 0.111. The van der Waals surface area contributed by atoms with Crippen LogP contribution in [0.4, 0.5) is 0 Å². The van der Waals surface area contributed by atoms with Crippen LogP contribution in [0.5, 0.6) is 5.75 Å². The van der Waals surface area contributed by atoms with Crippen LogP contribution >= 0.6 is 0 Å². The van der Waals surface area contributed by atoms with Crippen molar-refractivity contribution < 1.29 is 14.6 Å². The van der Waals surface area contributed by atoms with E-state index in [0.29, 0.717) is 11.3 Å². The van der Waals surface area contributed by atoms with Gasteiger partial charge in [-0.05, 0) is 23.3 Å². The Bertz CT molecular complexity index is 721. The predicted octanol–water partition coefficient (Wildman–Crippen LogP) is 1.88. The summed E-state index contributed by atoms with van der Waals surface area (Å²) in [6.07, 6.45) is 5.32. The first kappa shape index (κ1) is 16.3. The Labute approximate surface area is 134 Å². The fourth-order valence-electron chi connectivity index (χ4n) is 1.83. The molecular formula is C18H16N2O3. The number of aliphatic hydroxyl groups excluding tert-OH is 1. The van der Waals surface area contributed by atoms with Crippen molar-refractivity contribution in [3.8, 4) is 18.1 Å². The zero-order valence-electron chi connectivity index (χ0n) is 12.3. The summed E-state index contributed by atoms with van der Waals surface area (Å²) in [6.45, 7) is 0.181. The van der Waals surface area contributed by atoms with Gasteiger partial charge in [-0.3, -0.25) is 4.79 Å². The molecule has 0 aliphatic carbocycles. The van der Waals surface area contributed by atoms with E-state index in [-0.39, 0.29) is 6.61 Å². The average Bonchev–Trinajstić information content (AvgIpc) is 2.60. The van der Waals surface area contributed by atoms with Gasteiger partial charge in [0.05, 0.1) is 6.21 Å². The van der Waals surface area contributed by atoms with Crippen LogP contribution in [0, 0.1) is 12.3 Å². The molecule has 23 heavy (non-hydrogen) atoms. The first-order chi connectivity index (χ1) is 11.2. The van der Waals surface area contributed by atoms with Gasteiger partial charge in [-0.1, -0.05) is 48.4 Å². The minimum atomic E-state index is -1.27. The molecule has 0 aromatic heterocycles. The summed E-state index contributed by atoms with van der Waals surface area (Å²) >= 11 is 0. The smallest absolute Gasteiger partial charge is 0.273 e. The molecule has 5 nitrogen and oxygen atoms in total. The molecule has 2 aromatic carbocycles. The molecule has 2 aromatic rings. The highest BCUT2D eigenvalue weighted by Crippen LogP contribution is 2.13. The van der Waals surface area contributed by atoms with Crippen molar-refractivity contribution in [2.45, 2.75) is 6.10 Å². The number of rotatable bonds is 6. The van der Waals surface area contributed by atoms with Crippen LogP contribution in [0.15, 0.2) is 59.7 Å². The number of ether oxygens (including phenoxy) is 1. The summed E-state index contributed by atoms with van der Waals surface area (Å²) in [5.41, 5.74) is 3.53. The SMILES string of the molecule is C#CCOc1cccc(/C=N\NC(=O)[C@@H](O)c2ccccc2)c1. The van der Waals surface area contributed by atoms with E-state index in [0.717, 1.165) is 5.56 Å². The first-order valence-electron chi connectivity index (χ1n) is 6.93. The normalized spacial score (nSPS) is 11.7. The number of hydrazone groups is 1. The fourth-order valence-corrected chi connectivity index (χ4v) is 1.83. The van der Waals surface area contributed by atoms with E-state index >= 15 is 0 Å². The molecule has 0 spiro atoms. The van der Waals surface area contributed by atoms with E-state index in [2.05, 4.69) is 16.4 Å². The lowest BCUT2D eigenvalue weighted by atomic mass is 10.1. The van der Waals surface area contributed by atoms with Gasteiger partial charge in [0.15, 0.2) is 6.10 Å². The Balaban J connectivity index is 1.93. The highest BCUT2D eigenvalue weighted by Gasteiger charge is 2.15. The summed E-state index contributed by atoms with van der Waals surface area (Å²) in [4.78, 5) is 11.8. The molecule has 2 rings (SSSR count). The van der Waals surface area contributed by atoms with Gasteiger partial charge in [0.2, 0.25) is 0 Å². The zero-order chi connectivity index (χ0) is 16.5. The molecule has 2 N–H and O–H groups in total. The van der Waals surface area contributed by atoms with Crippen molar-refractivity contribution in [1.29, 1.82) is 0 Å². The molecule has 5 heteroatoms. The van der Waals surface area contributed by atoms with Crippen LogP contribution in [0.2, 0.25) is 0 Å². The van der Waals surface area contributed by atoms with Crippen molar-refractivity contribution in [2.75, 3.05) is 6.61 Å². The lowest BCUT2D eigenvalue weighted by Gasteiger charge is -2.08. The Morgan fingerprint density at radius 2 is 2.09 bits per heavy atom. The molecule has 1 amide bonds. The molecular weight excluding hydrogens is 292 g/mol. The van der Waals surface area contributed by atoms with Crippen molar-refractivity contribution in [3.05, 3.63) is 65.7 Å². The van der Waals surface area contributed by atoms with Gasteiger partial charge in [0, 0.05) is 0 Å². The summed E-state index contributed by atoms with van der Waals surface area (Å²) in [7, 11) is 0. The largest absolute Gasteiger partial charge is 0.481 e. The van der Waals surface area contributed by atoms with Crippen LogP contribution in [0.3, 0.4) is 0 Å². The number of nitrogens with zero attached hydrogens (tertiary/aromatic N) is 1. The third kappa shape index (κ3) is 4.99. The summed E-state index contributed by atoms with van der Waals surface area (Å²) in [5.74, 6) is 2.39. The monoisotopic (exact) mass is 308 g/mol. The van der Waals surface area contributed by atoms with Gasteiger partial charge >= 0.3 is 0 Å². The van der Waals surface area contributed by atoms with Crippen LogP contribution in [-0.4, -0.2) is 23.8 Å². The first-order valence-corrected chi connectivity index (χ1v) is 6.93. The van der Waals surface area contributed by atoms with Crippen LogP contribution in [-0.2, 0) is 4.79 Å². The molecule has 0 aliphatic rings. The number of amides is 1. The topological polar surface area (TPSA) is 70.9 Å². The standard InChI is InChI=1S/C18H16N2O3/c1-2-11-23-16-10-6-7-14(12-16)13-19-20-18(22)17(21)15-8-4-3-5-9-15/h1,3-10,12-13,17,21H,11H2,(H,20,22)/b19-13-/t17-/m0/s1. The number of terminal acetylenes is 1. The predicted molar refractivity (Wildman–Crippen MR) is 87.9 cm³/mol. The molecule has 0 heterocycles. The molecule has 0 aliphatic heterocycles. The van der Waals surface area contributed by atoms with Crippen LogP contribution < -0.4 is 10.2 Å². The molecule has 0 saturated heterocycles. The Morgan fingerprint density at radius 1 is 1.30 bits per heavy atom. The second kappa shape index (κ2) is 8.37. The summed E-state index contributed by atoms with van der Waals surface area (Å²) < 4.78 is 5.29. The lowest BCUT2D eigenvalue weighted by Crippen LogP contribution is -2.25. The Kier molecular flexibility index (Phi) is 5.92. The molecule has 0 radical (unpaired) electrons. The highest BCUT2D eigenvalue weighted by molar-refractivity contribution is 5.85. The lowest BCUT2D eigenvalue weighted by molar-refractivity contribution is -0.129. The molecule has 0 unspecified atom stereocenters. The van der Waals surface area contributed by atoms with E-state index in [4.69, 9.17) is 11.2 Å². The van der Waals surface area contributed by atoms with Crippen LogP contribution in [0.1, 0.15) is 17.2 Å². The number of hydrogen-bond acceptors (Lipinski definition) is 4. The van der Waals surface area contributed by atoms with Crippen LogP contribution in [0.25, 0.3) is 0 Å². The minimum Gasteiger partial charge on any atom is -0.481 e. The highest BCUT2D eigenvalue weighted by atomic mass is 16.5. The van der Waals surface area contributed by atoms with Crippen molar-refractivity contribution in [3.63, 3.8) is 0 Å². The number of carbonyl (C=O) groups is 1. The molecule has 0 saturated carbocycles. The van der Waals surface area contributed by atoms with Gasteiger partial charge in [-0.2, -0.15) is 5.10 Å². The minimum absolute atomic E-state index is 0.181. The number of aliphatic hydroxyl groups is 1. The maximum atomic E-state index is 11.8. The number of nitrogens with one attached hydrogen (secondary N) is 1. The van der Waals surface area contributed by atoms with Gasteiger partial charge in [-0.25, -0.2) is 5.43 Å². The Morgan fingerprint density at radius 3 is 2.83 bits per heavy atom. The number of benzene rings is 2. The molecule has 0 bridgehead atoms. The molecule has 1 atom stereocenters. The second-order valence-electron chi connectivity index (χ2n) is 4.61. The van der Waals surface area contributed by atoms with E-state index in [1.807, 2.05) is 6.07 Å². The third-order valence-corrected chi connectivity index (χ3v) is 2.93. The zero-order valence-corrected chi connectivity index (χ0v) is 12.3. The quantitative estimate of drug-likeness (QED) is 0.486. The van der Waals surface area contributed by atoms with E-state index in [1.54, 1.807) is 48.5 Å². The average molecular weight is 308 g/mol. The maximum Gasteiger partial charge on any atom is 0.273 e. The van der Waals surface area contributed by atoms with Crippen molar-refractivity contribution in [1.82, 2.24) is 5.43 Å². The van der Waals surface area contributed by atoms with Gasteiger partial charge in [0.25, 0.3) is 5.91 Å². The third-order valence-electron chi connectivity index (χ3n) is 2.93. The van der Waals surface area contributed by atoms with Gasteiger partial charge in [-0.15, -0.1) is 6.42 Å². The van der Waals surface area contributed by atoms with Crippen molar-refractivity contribution in [2.24, 2.45) is 5.10 Å². The number of hydrogen-bond donors (Lipinski definition) is 2. The summed E-state index contributed by atoms with van der Waals surface area (Å²) in [6, 6.07) is 15.7. The van der Waals surface area contributed by atoms with Gasteiger partial charge < -0.3 is 9.84 Å². The van der Waals surface area contributed by atoms with E-state index in [1.165, 1.54) is 6.21 Å². The molecule has 116 valence electrons. The van der Waals surface area contributed by atoms with Gasteiger partial charge in [0.1, 0.15) is 12.4 Å². The molecule has 0 fully saturated rings. The number of carbonyl (C=O) groups excluding carboxylic acids is 1. The van der Waals surface area contributed by atoms with E-state index < -0.39 is 12.0 Å². The Hall–Kier alpha value is -3.10. The van der Waals surface area contributed by atoms with E-state index in [9.17, 15) is 9.90 Å². The summed E-state index contributed by atoms with van der Waals surface area (Å²) in [5, 5.41) is 13.7. The second-order valence-corrected chi connectivity index (χ2v) is 4.61. The maximum absolute atomic E-state index is 11.8. The van der Waals surface area contributed by atoms with Crippen molar-refractivity contribution >= 4 is 12.1 Å².